The third-order valence-electron chi connectivity index (χ3n) is 4.50. The number of ether oxygens (including phenoxy) is 2. The molecule has 0 saturated carbocycles. The number of rotatable bonds is 6. The zero-order valence-corrected chi connectivity index (χ0v) is 16.7. The summed E-state index contributed by atoms with van der Waals surface area (Å²) in [5.41, 5.74) is 1.29. The summed E-state index contributed by atoms with van der Waals surface area (Å²) in [5.74, 6) is 1.30. The Morgan fingerprint density at radius 2 is 2.03 bits per heavy atom. The lowest BCUT2D eigenvalue weighted by Crippen LogP contribution is -2.30. The lowest BCUT2D eigenvalue weighted by Gasteiger charge is -2.12. The molecule has 1 aromatic heterocycles. The highest BCUT2D eigenvalue weighted by Gasteiger charge is 2.20. The standard InChI is InChI=1S/C20H19FN4O3S/c1-12(19(26)22-10-13-7-8-16-17(9-13)28-11-27-16)29-20-24-23-18(25(20)2)14-5-3-4-6-15(14)21/h3-9,12H,10-11H2,1-2H3,(H,22,26)/t12-/m1/s1. The quantitative estimate of drug-likeness (QED) is 0.625. The SMILES string of the molecule is C[C@@H](Sc1nnc(-c2ccccc2F)n1C)C(=O)NCc1ccc2c(c1)OCO2. The number of hydrogen-bond acceptors (Lipinski definition) is 6. The number of nitrogens with one attached hydrogen (secondary N) is 1. The zero-order chi connectivity index (χ0) is 20.4. The maximum absolute atomic E-state index is 14.0. The molecule has 1 aliphatic rings. The van der Waals surface area contributed by atoms with Crippen molar-refractivity contribution in [3.63, 3.8) is 0 Å². The minimum Gasteiger partial charge on any atom is -0.454 e. The van der Waals surface area contributed by atoms with Crippen molar-refractivity contribution >= 4 is 17.7 Å². The highest BCUT2D eigenvalue weighted by atomic mass is 32.2. The number of aromatic nitrogens is 3. The average Bonchev–Trinajstić information content (AvgIpc) is 3.33. The predicted octanol–water partition coefficient (Wildman–Crippen LogP) is 3.15. The maximum atomic E-state index is 14.0. The Kier molecular flexibility index (Phi) is 5.39. The van der Waals surface area contributed by atoms with E-state index >= 15 is 0 Å². The molecule has 29 heavy (non-hydrogen) atoms. The van der Waals surface area contributed by atoms with E-state index in [1.165, 1.54) is 17.8 Å². The van der Waals surface area contributed by atoms with Crippen molar-refractivity contribution in [1.82, 2.24) is 20.1 Å². The number of fused-ring (bicyclic) bond motifs is 1. The highest BCUT2D eigenvalue weighted by Crippen LogP contribution is 2.32. The first kappa shape index (κ1) is 19.3. The summed E-state index contributed by atoms with van der Waals surface area (Å²) in [6, 6.07) is 12.0. The van der Waals surface area contributed by atoms with E-state index in [1.54, 1.807) is 36.7 Å². The van der Waals surface area contributed by atoms with E-state index < -0.39 is 5.25 Å². The fourth-order valence-electron chi connectivity index (χ4n) is 2.89. The minimum absolute atomic E-state index is 0.136. The Bertz CT molecular complexity index is 1060. The fraction of sp³-hybridized carbons (Fsp3) is 0.250. The lowest BCUT2D eigenvalue weighted by atomic mass is 10.2. The molecule has 7 nitrogen and oxygen atoms in total. The van der Waals surface area contributed by atoms with Gasteiger partial charge in [0.25, 0.3) is 0 Å². The molecule has 2 heterocycles. The van der Waals surface area contributed by atoms with Crippen LogP contribution in [0.4, 0.5) is 4.39 Å². The van der Waals surface area contributed by atoms with E-state index in [1.807, 2.05) is 18.2 Å². The molecule has 0 aliphatic carbocycles. The van der Waals surface area contributed by atoms with Crippen LogP contribution in [0.15, 0.2) is 47.6 Å². The van der Waals surface area contributed by atoms with Crippen LogP contribution in [0.1, 0.15) is 12.5 Å². The van der Waals surface area contributed by atoms with Crippen LogP contribution in [0.2, 0.25) is 0 Å². The predicted molar refractivity (Wildman–Crippen MR) is 106 cm³/mol. The molecule has 4 rings (SSSR count). The van der Waals surface area contributed by atoms with Gasteiger partial charge in [-0.1, -0.05) is 30.0 Å². The average molecular weight is 414 g/mol. The molecule has 9 heteroatoms. The Labute approximate surface area is 171 Å². The van der Waals surface area contributed by atoms with Crippen molar-refractivity contribution in [2.24, 2.45) is 7.05 Å². The van der Waals surface area contributed by atoms with Crippen LogP contribution in [-0.4, -0.2) is 32.7 Å². The smallest absolute Gasteiger partial charge is 0.233 e. The van der Waals surface area contributed by atoms with Gasteiger partial charge in [0.2, 0.25) is 12.7 Å². The van der Waals surface area contributed by atoms with Crippen molar-refractivity contribution in [2.75, 3.05) is 6.79 Å². The molecule has 1 aliphatic heterocycles. The summed E-state index contributed by atoms with van der Waals surface area (Å²) < 4.78 is 26.3. The Hall–Kier alpha value is -3.07. The molecule has 150 valence electrons. The minimum atomic E-state index is -0.402. The van der Waals surface area contributed by atoms with Gasteiger partial charge in [-0.2, -0.15) is 0 Å². The number of benzene rings is 2. The van der Waals surface area contributed by atoms with E-state index in [0.29, 0.717) is 34.6 Å². The second kappa shape index (κ2) is 8.12. The number of halogens is 1. The molecule has 1 amide bonds. The van der Waals surface area contributed by atoms with Crippen molar-refractivity contribution in [1.29, 1.82) is 0 Å². The van der Waals surface area contributed by atoms with Gasteiger partial charge in [-0.25, -0.2) is 4.39 Å². The van der Waals surface area contributed by atoms with Gasteiger partial charge < -0.3 is 19.4 Å². The molecule has 0 bridgehead atoms. The van der Waals surface area contributed by atoms with Gasteiger partial charge in [0.1, 0.15) is 5.82 Å². The van der Waals surface area contributed by atoms with Crippen LogP contribution in [0.25, 0.3) is 11.4 Å². The third kappa shape index (κ3) is 4.04. The van der Waals surface area contributed by atoms with Crippen LogP contribution in [0.5, 0.6) is 11.5 Å². The number of amides is 1. The molecular formula is C20H19FN4O3S. The summed E-state index contributed by atoms with van der Waals surface area (Å²) in [5, 5.41) is 11.2. The summed E-state index contributed by atoms with van der Waals surface area (Å²) in [6.45, 7) is 2.38. The monoisotopic (exact) mass is 414 g/mol. The molecule has 0 radical (unpaired) electrons. The van der Waals surface area contributed by atoms with Crippen LogP contribution in [0.3, 0.4) is 0 Å². The van der Waals surface area contributed by atoms with Gasteiger partial charge in [-0.05, 0) is 36.8 Å². The molecular weight excluding hydrogens is 395 g/mol. The molecule has 0 unspecified atom stereocenters. The fourth-order valence-corrected chi connectivity index (χ4v) is 3.73. The molecule has 0 fully saturated rings. The number of carbonyl (C=O) groups is 1. The lowest BCUT2D eigenvalue weighted by molar-refractivity contribution is -0.120. The van der Waals surface area contributed by atoms with Gasteiger partial charge in [-0.3, -0.25) is 4.79 Å². The Balaban J connectivity index is 1.38. The van der Waals surface area contributed by atoms with E-state index in [0.717, 1.165) is 5.56 Å². The van der Waals surface area contributed by atoms with Gasteiger partial charge in [0.15, 0.2) is 22.5 Å². The zero-order valence-electron chi connectivity index (χ0n) is 15.9. The molecule has 3 aromatic rings. The van der Waals surface area contributed by atoms with Crippen molar-refractivity contribution in [2.45, 2.75) is 23.9 Å². The Morgan fingerprint density at radius 3 is 2.86 bits per heavy atom. The van der Waals surface area contributed by atoms with E-state index in [4.69, 9.17) is 9.47 Å². The highest BCUT2D eigenvalue weighted by molar-refractivity contribution is 8.00. The van der Waals surface area contributed by atoms with Crippen molar-refractivity contribution in [3.8, 4) is 22.9 Å². The van der Waals surface area contributed by atoms with Crippen LogP contribution >= 0.6 is 11.8 Å². The van der Waals surface area contributed by atoms with Gasteiger partial charge in [0.05, 0.1) is 10.8 Å². The second-order valence-corrected chi connectivity index (χ2v) is 7.82. The van der Waals surface area contributed by atoms with Crippen LogP contribution in [-0.2, 0) is 18.4 Å². The largest absolute Gasteiger partial charge is 0.454 e. The first-order chi connectivity index (χ1) is 14.0. The van der Waals surface area contributed by atoms with E-state index in [2.05, 4.69) is 15.5 Å². The molecule has 2 aromatic carbocycles. The first-order valence-electron chi connectivity index (χ1n) is 9.00. The number of hydrogen-bond donors (Lipinski definition) is 1. The van der Waals surface area contributed by atoms with Crippen molar-refractivity contribution in [3.05, 3.63) is 53.8 Å². The van der Waals surface area contributed by atoms with Crippen LogP contribution in [0, 0.1) is 5.82 Å². The maximum Gasteiger partial charge on any atom is 0.233 e. The Morgan fingerprint density at radius 1 is 1.24 bits per heavy atom. The van der Waals surface area contributed by atoms with Crippen molar-refractivity contribution < 1.29 is 18.7 Å². The number of nitrogens with zero attached hydrogens (tertiary/aromatic N) is 3. The number of thioether (sulfide) groups is 1. The first-order valence-corrected chi connectivity index (χ1v) is 9.88. The topological polar surface area (TPSA) is 78.3 Å². The summed E-state index contributed by atoms with van der Waals surface area (Å²) >= 11 is 1.27. The van der Waals surface area contributed by atoms with Gasteiger partial charge in [0, 0.05) is 13.6 Å². The molecule has 0 spiro atoms. The van der Waals surface area contributed by atoms with E-state index in [9.17, 15) is 9.18 Å². The third-order valence-corrected chi connectivity index (χ3v) is 5.64. The van der Waals surface area contributed by atoms with Gasteiger partial charge >= 0.3 is 0 Å². The molecule has 1 N–H and O–H groups in total. The summed E-state index contributed by atoms with van der Waals surface area (Å²) in [4.78, 5) is 12.5. The van der Waals surface area contributed by atoms with Gasteiger partial charge in [-0.15, -0.1) is 10.2 Å². The number of carbonyl (C=O) groups excluding carboxylic acids is 1. The second-order valence-electron chi connectivity index (χ2n) is 6.51. The normalized spacial score (nSPS) is 13.3. The molecule has 1 atom stereocenters. The summed E-state index contributed by atoms with van der Waals surface area (Å²) in [7, 11) is 1.75. The van der Waals surface area contributed by atoms with E-state index in [-0.39, 0.29) is 18.5 Å². The molecule has 0 saturated heterocycles. The summed E-state index contributed by atoms with van der Waals surface area (Å²) in [6.07, 6.45) is 0. The van der Waals surface area contributed by atoms with Crippen LogP contribution < -0.4 is 14.8 Å².